The van der Waals surface area contributed by atoms with Crippen LogP contribution < -0.4 is 15.9 Å². The molecule has 0 bridgehead atoms. The lowest BCUT2D eigenvalue weighted by Gasteiger charge is -2.06. The van der Waals surface area contributed by atoms with Crippen LogP contribution in [0.3, 0.4) is 0 Å². The van der Waals surface area contributed by atoms with Crippen LogP contribution in [-0.2, 0) is 4.79 Å². The minimum absolute atomic E-state index is 0.0286. The fourth-order valence-electron chi connectivity index (χ4n) is 2.02. The largest absolute Gasteiger partial charge is 0.494 e. The average Bonchev–Trinajstić information content (AvgIpc) is 2.95. The lowest BCUT2D eigenvalue weighted by Crippen LogP contribution is -2.26. The number of amides is 1. The highest BCUT2D eigenvalue weighted by molar-refractivity contribution is 7.99. The molecule has 0 aliphatic rings. The molecular weight excluding hydrogens is 326 g/mol. The van der Waals surface area contributed by atoms with Gasteiger partial charge in [-0.25, -0.2) is 4.68 Å². The smallest absolute Gasteiger partial charge is 0.230 e. The molecule has 7 nitrogen and oxygen atoms in total. The Labute approximate surface area is 145 Å². The third-order valence-corrected chi connectivity index (χ3v) is 4.22. The number of nitrogens with two attached hydrogens (primary N) is 1. The fraction of sp³-hybridized carbons (Fsp3) is 0.438. The Kier molecular flexibility index (Phi) is 6.92. The van der Waals surface area contributed by atoms with Crippen molar-refractivity contribution in [1.29, 1.82) is 0 Å². The van der Waals surface area contributed by atoms with Crippen molar-refractivity contribution in [3.05, 3.63) is 24.3 Å². The van der Waals surface area contributed by atoms with Crippen LogP contribution in [0.4, 0.5) is 0 Å². The van der Waals surface area contributed by atoms with Gasteiger partial charge in [-0.3, -0.25) is 4.79 Å². The van der Waals surface area contributed by atoms with Gasteiger partial charge in [0.15, 0.2) is 5.82 Å². The van der Waals surface area contributed by atoms with Crippen LogP contribution in [0.2, 0.25) is 0 Å². The second-order valence-electron chi connectivity index (χ2n) is 5.13. The van der Waals surface area contributed by atoms with Crippen LogP contribution in [0.25, 0.3) is 11.4 Å². The van der Waals surface area contributed by atoms with E-state index in [9.17, 15) is 4.79 Å². The first kappa shape index (κ1) is 18.1. The summed E-state index contributed by atoms with van der Waals surface area (Å²) in [6.45, 7) is 5.34. The van der Waals surface area contributed by atoms with Crippen molar-refractivity contribution >= 4 is 17.7 Å². The van der Waals surface area contributed by atoms with Crippen molar-refractivity contribution in [2.24, 2.45) is 0 Å². The van der Waals surface area contributed by atoms with Gasteiger partial charge in [0.1, 0.15) is 5.75 Å². The first-order valence-corrected chi connectivity index (χ1v) is 8.97. The van der Waals surface area contributed by atoms with E-state index in [0.29, 0.717) is 24.1 Å². The fourth-order valence-corrected chi connectivity index (χ4v) is 2.71. The Morgan fingerprint density at radius 3 is 2.71 bits per heavy atom. The van der Waals surface area contributed by atoms with Gasteiger partial charge in [0, 0.05) is 12.1 Å². The molecule has 3 N–H and O–H groups in total. The van der Waals surface area contributed by atoms with Crippen molar-refractivity contribution < 1.29 is 9.53 Å². The van der Waals surface area contributed by atoms with E-state index >= 15 is 0 Å². The quantitative estimate of drug-likeness (QED) is 0.409. The second-order valence-corrected chi connectivity index (χ2v) is 6.07. The number of carbonyl (C=O) groups excluding carboxylic acids is 1. The Morgan fingerprint density at radius 2 is 2.04 bits per heavy atom. The topological polar surface area (TPSA) is 95.1 Å². The maximum Gasteiger partial charge on any atom is 0.230 e. The maximum atomic E-state index is 11.7. The average molecular weight is 349 g/mol. The van der Waals surface area contributed by atoms with Gasteiger partial charge >= 0.3 is 0 Å². The number of nitrogens with one attached hydrogen (secondary N) is 1. The van der Waals surface area contributed by atoms with Crippen molar-refractivity contribution in [1.82, 2.24) is 20.2 Å². The van der Waals surface area contributed by atoms with E-state index < -0.39 is 0 Å². The Balaban J connectivity index is 1.96. The Hall–Kier alpha value is -2.22. The number of nitrogens with zero attached hydrogens (tertiary/aromatic N) is 3. The summed E-state index contributed by atoms with van der Waals surface area (Å²) in [6.07, 6.45) is 2.03. The first-order chi connectivity index (χ1) is 11.7. The maximum absolute atomic E-state index is 11.7. The predicted molar refractivity (Wildman–Crippen MR) is 95.4 cm³/mol. The molecule has 0 aliphatic carbocycles. The minimum atomic E-state index is -0.0286. The van der Waals surface area contributed by atoms with Gasteiger partial charge in [0.25, 0.3) is 0 Å². The Bertz CT molecular complexity index is 657. The standard InChI is InChI=1S/C16H23N5O2S/c1-3-5-10-18-14(22)11-24-16-20-19-15(21(16)17)12-6-8-13(9-7-12)23-4-2/h6-9H,3-5,10-11,17H2,1-2H3,(H,18,22). The van der Waals surface area contributed by atoms with Crippen molar-refractivity contribution in [3.8, 4) is 17.1 Å². The van der Waals surface area contributed by atoms with Gasteiger partial charge in [-0.05, 0) is 37.6 Å². The molecule has 130 valence electrons. The summed E-state index contributed by atoms with van der Waals surface area (Å²) in [5, 5.41) is 11.5. The molecule has 0 fully saturated rings. The van der Waals surface area contributed by atoms with Crippen LogP contribution in [-0.4, -0.2) is 39.7 Å². The van der Waals surface area contributed by atoms with Gasteiger partial charge in [0.2, 0.25) is 11.1 Å². The number of aromatic nitrogens is 3. The number of nitrogen functional groups attached to an aromatic ring is 1. The molecule has 2 aromatic rings. The molecule has 0 saturated heterocycles. The number of ether oxygens (including phenoxy) is 1. The van der Waals surface area contributed by atoms with E-state index in [-0.39, 0.29) is 11.7 Å². The molecule has 1 amide bonds. The van der Waals surface area contributed by atoms with Gasteiger partial charge in [-0.2, -0.15) is 0 Å². The summed E-state index contributed by atoms with van der Waals surface area (Å²) in [6, 6.07) is 7.48. The van der Waals surface area contributed by atoms with Crippen molar-refractivity contribution in [2.75, 3.05) is 24.7 Å². The van der Waals surface area contributed by atoms with E-state index in [1.54, 1.807) is 0 Å². The highest BCUT2D eigenvalue weighted by atomic mass is 32.2. The van der Waals surface area contributed by atoms with E-state index in [1.165, 1.54) is 16.4 Å². The molecule has 2 rings (SSSR count). The third kappa shape index (κ3) is 4.89. The molecular formula is C16H23N5O2S. The van der Waals surface area contributed by atoms with Gasteiger partial charge in [0.05, 0.1) is 12.4 Å². The van der Waals surface area contributed by atoms with E-state index in [1.807, 2.05) is 31.2 Å². The monoisotopic (exact) mass is 349 g/mol. The summed E-state index contributed by atoms with van der Waals surface area (Å²) < 4.78 is 6.82. The summed E-state index contributed by atoms with van der Waals surface area (Å²) in [5.74, 6) is 7.63. The van der Waals surface area contributed by atoms with Gasteiger partial charge in [-0.1, -0.05) is 25.1 Å². The third-order valence-electron chi connectivity index (χ3n) is 3.27. The highest BCUT2D eigenvalue weighted by Crippen LogP contribution is 2.23. The number of carbonyl (C=O) groups is 1. The van der Waals surface area contributed by atoms with Gasteiger partial charge in [-0.15, -0.1) is 10.2 Å². The van der Waals surface area contributed by atoms with Crippen LogP contribution in [0.1, 0.15) is 26.7 Å². The Morgan fingerprint density at radius 1 is 1.29 bits per heavy atom. The van der Waals surface area contributed by atoms with E-state index in [0.717, 1.165) is 24.2 Å². The number of rotatable bonds is 9. The molecule has 1 heterocycles. The molecule has 0 spiro atoms. The molecule has 0 unspecified atom stereocenters. The molecule has 24 heavy (non-hydrogen) atoms. The van der Waals surface area contributed by atoms with Crippen LogP contribution >= 0.6 is 11.8 Å². The number of hydrogen-bond acceptors (Lipinski definition) is 6. The molecule has 0 aliphatic heterocycles. The SMILES string of the molecule is CCCCNC(=O)CSc1nnc(-c2ccc(OCC)cc2)n1N. The van der Waals surface area contributed by atoms with Crippen LogP contribution in [0, 0.1) is 0 Å². The zero-order chi connectivity index (χ0) is 17.4. The molecule has 0 radical (unpaired) electrons. The lowest BCUT2D eigenvalue weighted by atomic mass is 10.2. The normalized spacial score (nSPS) is 10.6. The van der Waals surface area contributed by atoms with Crippen molar-refractivity contribution in [2.45, 2.75) is 31.8 Å². The highest BCUT2D eigenvalue weighted by Gasteiger charge is 2.13. The molecule has 0 atom stereocenters. The number of benzene rings is 1. The molecule has 1 aromatic heterocycles. The van der Waals surface area contributed by atoms with E-state index in [4.69, 9.17) is 10.6 Å². The number of hydrogen-bond donors (Lipinski definition) is 2. The first-order valence-electron chi connectivity index (χ1n) is 7.99. The zero-order valence-corrected chi connectivity index (χ0v) is 14.8. The number of thioether (sulfide) groups is 1. The molecule has 8 heteroatoms. The minimum Gasteiger partial charge on any atom is -0.494 e. The van der Waals surface area contributed by atoms with Crippen molar-refractivity contribution in [3.63, 3.8) is 0 Å². The second kappa shape index (κ2) is 9.17. The molecule has 1 aromatic carbocycles. The number of unbranched alkanes of at least 4 members (excludes halogenated alkanes) is 1. The van der Waals surface area contributed by atoms with Crippen LogP contribution in [0.15, 0.2) is 29.4 Å². The zero-order valence-electron chi connectivity index (χ0n) is 14.0. The summed E-state index contributed by atoms with van der Waals surface area (Å²) >= 11 is 1.27. The predicted octanol–water partition coefficient (Wildman–Crippen LogP) is 2.07. The summed E-state index contributed by atoms with van der Waals surface area (Å²) in [5.41, 5.74) is 0.840. The lowest BCUT2D eigenvalue weighted by molar-refractivity contribution is -0.118. The molecule has 0 saturated carbocycles. The van der Waals surface area contributed by atoms with Crippen LogP contribution in [0.5, 0.6) is 5.75 Å². The van der Waals surface area contributed by atoms with Gasteiger partial charge < -0.3 is 15.9 Å². The summed E-state index contributed by atoms with van der Waals surface area (Å²) in [7, 11) is 0. The van der Waals surface area contributed by atoms with E-state index in [2.05, 4.69) is 22.4 Å². The summed E-state index contributed by atoms with van der Waals surface area (Å²) in [4.78, 5) is 11.7.